The van der Waals surface area contributed by atoms with Crippen LogP contribution in [0.15, 0.2) is 12.1 Å². The smallest absolute Gasteiger partial charge is 0.324 e. The minimum Gasteiger partial charge on any atom is -0.335 e. The normalized spacial score (nSPS) is 20.3. The van der Waals surface area contributed by atoms with Crippen molar-refractivity contribution in [3.63, 3.8) is 0 Å². The number of nitrogens with one attached hydrogen (secondary N) is 1. The van der Waals surface area contributed by atoms with Gasteiger partial charge in [0, 0.05) is 31.7 Å². The fourth-order valence-corrected chi connectivity index (χ4v) is 2.60. The molecule has 6 nitrogen and oxygen atoms in total. The molecular weight excluding hydrogens is 242 g/mol. The van der Waals surface area contributed by atoms with Crippen molar-refractivity contribution < 1.29 is 9.72 Å². The van der Waals surface area contributed by atoms with E-state index in [1.165, 1.54) is 12.1 Å². The summed E-state index contributed by atoms with van der Waals surface area (Å²) in [5, 5.41) is 13.8. The highest BCUT2D eigenvalue weighted by Crippen LogP contribution is 2.25. The molecule has 0 saturated carbocycles. The molecule has 1 N–H and O–H groups in total. The monoisotopic (exact) mass is 255 g/mol. The van der Waals surface area contributed by atoms with Crippen molar-refractivity contribution in [1.29, 1.82) is 0 Å². The Morgan fingerprint density at radius 1 is 1.65 bits per heavy atom. The number of carbonyl (C=O) groups excluding carboxylic acids is 1. The van der Waals surface area contributed by atoms with Crippen LogP contribution < -0.4 is 5.32 Å². The Morgan fingerprint density at radius 2 is 2.41 bits per heavy atom. The number of nitrogens with zero attached hydrogens (tertiary/aromatic N) is 2. The number of hydrogen-bond donors (Lipinski definition) is 1. The molecule has 2 rings (SSSR count). The molecule has 0 unspecified atom stereocenters. The maximum Gasteiger partial charge on any atom is 0.324 e. The number of hydrogen-bond acceptors (Lipinski definition) is 5. The Morgan fingerprint density at radius 3 is 3.00 bits per heavy atom. The van der Waals surface area contributed by atoms with Crippen LogP contribution in [0.25, 0.3) is 0 Å². The number of carbonyl (C=O) groups is 1. The van der Waals surface area contributed by atoms with E-state index >= 15 is 0 Å². The number of thiophene rings is 1. The van der Waals surface area contributed by atoms with Gasteiger partial charge in [0.2, 0.25) is 0 Å². The Bertz CT molecular complexity index is 446. The maximum absolute atomic E-state index is 12.1. The summed E-state index contributed by atoms with van der Waals surface area (Å²) in [5.41, 5.74) is 0. The van der Waals surface area contributed by atoms with Crippen LogP contribution in [-0.4, -0.2) is 41.4 Å². The quantitative estimate of drug-likeness (QED) is 0.634. The summed E-state index contributed by atoms with van der Waals surface area (Å²) in [7, 11) is 0. The van der Waals surface area contributed by atoms with Crippen molar-refractivity contribution >= 4 is 22.2 Å². The van der Waals surface area contributed by atoms with E-state index in [9.17, 15) is 14.9 Å². The van der Waals surface area contributed by atoms with Gasteiger partial charge in [0.15, 0.2) is 0 Å². The molecule has 17 heavy (non-hydrogen) atoms. The van der Waals surface area contributed by atoms with E-state index in [4.69, 9.17) is 0 Å². The molecule has 1 saturated heterocycles. The largest absolute Gasteiger partial charge is 0.335 e. The van der Waals surface area contributed by atoms with E-state index in [-0.39, 0.29) is 17.0 Å². The zero-order chi connectivity index (χ0) is 12.4. The first-order chi connectivity index (χ1) is 8.08. The Hall–Kier alpha value is -1.47. The fourth-order valence-electron chi connectivity index (χ4n) is 1.81. The molecule has 1 aliphatic heterocycles. The molecule has 1 atom stereocenters. The molecule has 0 bridgehead atoms. The predicted octanol–water partition coefficient (Wildman–Crippen LogP) is 1.09. The topological polar surface area (TPSA) is 75.5 Å². The highest BCUT2D eigenvalue weighted by molar-refractivity contribution is 7.17. The molecule has 1 aliphatic rings. The molecule has 0 radical (unpaired) electrons. The van der Waals surface area contributed by atoms with Crippen molar-refractivity contribution in [1.82, 2.24) is 10.2 Å². The van der Waals surface area contributed by atoms with Crippen molar-refractivity contribution in [2.45, 2.75) is 13.0 Å². The average molecular weight is 255 g/mol. The molecule has 0 aromatic carbocycles. The number of rotatable bonds is 2. The lowest BCUT2D eigenvalue weighted by Crippen LogP contribution is -2.51. The lowest BCUT2D eigenvalue weighted by atomic mass is 10.2. The number of nitro groups is 1. The summed E-state index contributed by atoms with van der Waals surface area (Å²) < 4.78 is 0. The Labute approximate surface area is 102 Å². The maximum atomic E-state index is 12.1. The van der Waals surface area contributed by atoms with Gasteiger partial charge in [0.1, 0.15) is 0 Å². The van der Waals surface area contributed by atoms with Crippen LogP contribution in [0.2, 0.25) is 0 Å². The first kappa shape index (κ1) is 12.0. The standard InChI is InChI=1S/C10H13N3O3S/c1-7-6-12(5-4-11-7)10(14)8-2-3-9(17-8)13(15)16/h2-3,7,11H,4-6H2,1H3/t7-/m0/s1. The van der Waals surface area contributed by atoms with Gasteiger partial charge in [-0.3, -0.25) is 14.9 Å². The van der Waals surface area contributed by atoms with Crippen LogP contribution in [-0.2, 0) is 0 Å². The molecule has 7 heteroatoms. The average Bonchev–Trinajstić information content (AvgIpc) is 2.77. The Kier molecular flexibility index (Phi) is 3.39. The van der Waals surface area contributed by atoms with E-state index in [2.05, 4.69) is 5.32 Å². The molecule has 0 aliphatic carbocycles. The third-order valence-electron chi connectivity index (χ3n) is 2.64. The van der Waals surface area contributed by atoms with E-state index in [0.717, 1.165) is 17.9 Å². The SMILES string of the molecule is C[C@H]1CN(C(=O)c2ccc([N+](=O)[O-])s2)CCN1. The minimum absolute atomic E-state index is 0.0107. The van der Waals surface area contributed by atoms with Gasteiger partial charge in [-0.1, -0.05) is 11.3 Å². The summed E-state index contributed by atoms with van der Waals surface area (Å²) in [5.74, 6) is -0.114. The zero-order valence-electron chi connectivity index (χ0n) is 9.38. The zero-order valence-corrected chi connectivity index (χ0v) is 10.2. The van der Waals surface area contributed by atoms with Gasteiger partial charge < -0.3 is 10.2 Å². The van der Waals surface area contributed by atoms with Gasteiger partial charge in [-0.05, 0) is 13.0 Å². The van der Waals surface area contributed by atoms with Crippen LogP contribution in [0.3, 0.4) is 0 Å². The summed E-state index contributed by atoms with van der Waals surface area (Å²) in [4.78, 5) is 24.3. The number of piperazine rings is 1. The van der Waals surface area contributed by atoms with Gasteiger partial charge >= 0.3 is 5.00 Å². The van der Waals surface area contributed by atoms with Crippen molar-refractivity contribution in [2.24, 2.45) is 0 Å². The van der Waals surface area contributed by atoms with Crippen LogP contribution in [0.1, 0.15) is 16.6 Å². The van der Waals surface area contributed by atoms with Gasteiger partial charge in [0.25, 0.3) is 5.91 Å². The third kappa shape index (κ3) is 2.62. The summed E-state index contributed by atoms with van der Waals surface area (Å²) in [6.45, 7) is 4.07. The first-order valence-electron chi connectivity index (χ1n) is 5.35. The van der Waals surface area contributed by atoms with Crippen LogP contribution in [0.4, 0.5) is 5.00 Å². The fraction of sp³-hybridized carbons (Fsp3) is 0.500. The summed E-state index contributed by atoms with van der Waals surface area (Å²) >= 11 is 0.933. The minimum atomic E-state index is -0.470. The van der Waals surface area contributed by atoms with Gasteiger partial charge in [-0.25, -0.2) is 0 Å². The lowest BCUT2D eigenvalue weighted by Gasteiger charge is -2.31. The second-order valence-electron chi connectivity index (χ2n) is 4.00. The van der Waals surface area contributed by atoms with E-state index in [1.54, 1.807) is 4.90 Å². The second kappa shape index (κ2) is 4.80. The molecule has 92 valence electrons. The summed E-state index contributed by atoms with van der Waals surface area (Å²) in [6.07, 6.45) is 0. The van der Waals surface area contributed by atoms with Crippen LogP contribution >= 0.6 is 11.3 Å². The van der Waals surface area contributed by atoms with Crippen molar-refractivity contribution in [3.8, 4) is 0 Å². The molecular formula is C10H13N3O3S. The number of amides is 1. The Balaban J connectivity index is 2.10. The van der Waals surface area contributed by atoms with Crippen LogP contribution in [0.5, 0.6) is 0 Å². The molecule has 0 spiro atoms. The predicted molar refractivity (Wildman–Crippen MR) is 64.3 cm³/mol. The van der Waals surface area contributed by atoms with E-state index in [0.29, 0.717) is 18.0 Å². The summed E-state index contributed by atoms with van der Waals surface area (Å²) in [6, 6.07) is 3.17. The van der Waals surface area contributed by atoms with Crippen molar-refractivity contribution in [3.05, 3.63) is 27.1 Å². The first-order valence-corrected chi connectivity index (χ1v) is 6.16. The van der Waals surface area contributed by atoms with Gasteiger partial charge in [0.05, 0.1) is 9.80 Å². The molecule has 1 fully saturated rings. The molecule has 1 aromatic rings. The van der Waals surface area contributed by atoms with Gasteiger partial charge in [-0.2, -0.15) is 0 Å². The van der Waals surface area contributed by atoms with Crippen LogP contribution in [0, 0.1) is 10.1 Å². The second-order valence-corrected chi connectivity index (χ2v) is 5.06. The highest BCUT2D eigenvalue weighted by atomic mass is 32.1. The van der Waals surface area contributed by atoms with Crippen molar-refractivity contribution in [2.75, 3.05) is 19.6 Å². The molecule has 2 heterocycles. The third-order valence-corrected chi connectivity index (χ3v) is 3.66. The highest BCUT2D eigenvalue weighted by Gasteiger charge is 2.24. The van der Waals surface area contributed by atoms with E-state index < -0.39 is 4.92 Å². The molecule has 1 amide bonds. The lowest BCUT2D eigenvalue weighted by molar-refractivity contribution is -0.380. The van der Waals surface area contributed by atoms with Gasteiger partial charge in [-0.15, -0.1) is 0 Å². The van der Waals surface area contributed by atoms with E-state index in [1.807, 2.05) is 6.92 Å². The molecule has 1 aromatic heterocycles.